The highest BCUT2D eigenvalue weighted by Crippen LogP contribution is 2.29. The zero-order valence-corrected chi connectivity index (χ0v) is 19.9. The molecule has 10 heteroatoms. The van der Waals surface area contributed by atoms with Crippen molar-refractivity contribution in [2.24, 2.45) is 5.84 Å². The number of benzene rings is 1. The summed E-state index contributed by atoms with van der Waals surface area (Å²) in [5, 5.41) is 9.96. The summed E-state index contributed by atoms with van der Waals surface area (Å²) in [4.78, 5) is 17.2. The number of piperazine rings is 1. The van der Waals surface area contributed by atoms with E-state index in [9.17, 15) is 0 Å². The summed E-state index contributed by atoms with van der Waals surface area (Å²) in [7, 11) is 2.13. The van der Waals surface area contributed by atoms with Gasteiger partial charge in [0.05, 0.1) is 0 Å². The van der Waals surface area contributed by atoms with Gasteiger partial charge in [-0.3, -0.25) is 5.10 Å². The summed E-state index contributed by atoms with van der Waals surface area (Å²) in [6.07, 6.45) is 1.93. The monoisotopic (exact) mass is 461 g/mol. The maximum atomic E-state index is 6.46. The molecular formula is C24H31N9O. The fraction of sp³-hybridized carbons (Fsp3) is 0.375. The van der Waals surface area contributed by atoms with Crippen LogP contribution in [0.5, 0.6) is 11.8 Å². The van der Waals surface area contributed by atoms with Crippen LogP contribution in [0.3, 0.4) is 0 Å². The second-order valence-corrected chi connectivity index (χ2v) is 8.83. The Kier molecular flexibility index (Phi) is 6.08. The first-order chi connectivity index (χ1) is 16.5. The number of fused-ring (bicyclic) bond motifs is 1. The molecule has 10 nitrogen and oxygen atoms in total. The molecule has 0 aliphatic carbocycles. The van der Waals surface area contributed by atoms with Crippen molar-refractivity contribution >= 4 is 28.4 Å². The summed E-state index contributed by atoms with van der Waals surface area (Å²) in [6.45, 7) is 7.83. The number of hydrazine groups is 1. The summed E-state index contributed by atoms with van der Waals surface area (Å²) < 4.78 is 6.14. The molecular weight excluding hydrogens is 430 g/mol. The van der Waals surface area contributed by atoms with E-state index >= 15 is 0 Å². The Balaban J connectivity index is 1.48. The molecule has 0 atom stereocenters. The molecule has 4 aromatic rings. The van der Waals surface area contributed by atoms with Crippen molar-refractivity contribution < 1.29 is 4.74 Å². The number of hydrogen-bond donors (Lipinski definition) is 3. The first-order valence-corrected chi connectivity index (χ1v) is 11.7. The molecule has 0 saturated carbocycles. The Morgan fingerprint density at radius 2 is 1.88 bits per heavy atom. The molecule has 4 N–H and O–H groups in total. The molecule has 5 rings (SSSR count). The molecule has 1 aromatic carbocycles. The van der Waals surface area contributed by atoms with Gasteiger partial charge in [0.1, 0.15) is 11.6 Å². The summed E-state index contributed by atoms with van der Waals surface area (Å²) >= 11 is 0. The molecule has 3 aromatic heterocycles. The van der Waals surface area contributed by atoms with Crippen LogP contribution >= 0.6 is 0 Å². The molecule has 1 saturated heterocycles. The van der Waals surface area contributed by atoms with Crippen LogP contribution in [0.25, 0.3) is 10.9 Å². The standard InChI is InChI=1S/C24H31N9O/c1-4-5-18-14-23(30-29-18)33(25)22-15-21(32-10-8-31(3)9-11-32)27-24(28-22)34-19-6-7-20-17(13-19)12-16(2)26-20/h6-7,12-15,26H,4-5,8-11,25H2,1-3H3,(H,29,30). The van der Waals surface area contributed by atoms with E-state index in [1.807, 2.05) is 37.3 Å². The minimum atomic E-state index is 0.248. The Labute approximate surface area is 198 Å². The summed E-state index contributed by atoms with van der Waals surface area (Å²) in [5.74, 6) is 9.03. The van der Waals surface area contributed by atoms with E-state index in [4.69, 9.17) is 15.6 Å². The molecule has 0 spiro atoms. The number of nitrogens with zero attached hydrogens (tertiary/aromatic N) is 6. The van der Waals surface area contributed by atoms with E-state index in [0.29, 0.717) is 17.4 Å². The van der Waals surface area contributed by atoms with Crippen molar-refractivity contribution in [2.45, 2.75) is 26.7 Å². The fourth-order valence-corrected chi connectivity index (χ4v) is 4.18. The van der Waals surface area contributed by atoms with E-state index in [2.05, 4.69) is 50.0 Å². The number of aromatic amines is 2. The number of aryl methyl sites for hydroxylation is 2. The lowest BCUT2D eigenvalue weighted by atomic mass is 10.2. The summed E-state index contributed by atoms with van der Waals surface area (Å²) in [6, 6.07) is 12.1. The van der Waals surface area contributed by atoms with Crippen molar-refractivity contribution in [1.29, 1.82) is 0 Å². The van der Waals surface area contributed by atoms with Crippen LogP contribution in [0.15, 0.2) is 36.4 Å². The van der Waals surface area contributed by atoms with Crippen molar-refractivity contribution in [3.8, 4) is 11.8 Å². The van der Waals surface area contributed by atoms with Gasteiger partial charge >= 0.3 is 6.01 Å². The normalized spacial score (nSPS) is 14.6. The van der Waals surface area contributed by atoms with E-state index in [1.165, 1.54) is 5.01 Å². The minimum Gasteiger partial charge on any atom is -0.424 e. The number of likely N-dealkylation sites (N-methyl/N-ethyl adjacent to an activating group) is 1. The molecule has 1 fully saturated rings. The predicted molar refractivity (Wildman–Crippen MR) is 134 cm³/mol. The molecule has 178 valence electrons. The van der Waals surface area contributed by atoms with Crippen LogP contribution in [0.4, 0.5) is 17.5 Å². The van der Waals surface area contributed by atoms with Crippen LogP contribution in [-0.4, -0.2) is 63.3 Å². The second-order valence-electron chi connectivity index (χ2n) is 8.83. The Morgan fingerprint density at radius 3 is 2.68 bits per heavy atom. The van der Waals surface area contributed by atoms with Crippen molar-refractivity contribution in [3.63, 3.8) is 0 Å². The van der Waals surface area contributed by atoms with Crippen molar-refractivity contribution in [2.75, 3.05) is 43.1 Å². The molecule has 1 aliphatic rings. The van der Waals surface area contributed by atoms with Gasteiger partial charge in [-0.05, 0) is 44.7 Å². The number of nitrogens with one attached hydrogen (secondary N) is 2. The van der Waals surface area contributed by atoms with Gasteiger partial charge in [0.25, 0.3) is 0 Å². The quantitative estimate of drug-likeness (QED) is 0.283. The van der Waals surface area contributed by atoms with Gasteiger partial charge in [0.2, 0.25) is 0 Å². The van der Waals surface area contributed by atoms with Gasteiger partial charge in [-0.15, -0.1) is 0 Å². The lowest BCUT2D eigenvalue weighted by molar-refractivity contribution is 0.311. The highest BCUT2D eigenvalue weighted by Gasteiger charge is 2.20. The van der Waals surface area contributed by atoms with Crippen LogP contribution in [0.1, 0.15) is 24.7 Å². The van der Waals surface area contributed by atoms with E-state index in [1.54, 1.807) is 0 Å². The Morgan fingerprint density at radius 1 is 1.06 bits per heavy atom. The number of aromatic nitrogens is 5. The SMILES string of the molecule is CCCc1cc(N(N)c2cc(N3CCN(C)CC3)nc(Oc3ccc4[nH]c(C)cc4c3)n2)n[nH]1. The van der Waals surface area contributed by atoms with Crippen molar-refractivity contribution in [1.82, 2.24) is 30.0 Å². The molecule has 0 radical (unpaired) electrons. The van der Waals surface area contributed by atoms with E-state index < -0.39 is 0 Å². The molecule has 34 heavy (non-hydrogen) atoms. The summed E-state index contributed by atoms with van der Waals surface area (Å²) in [5.41, 5.74) is 3.20. The first kappa shape index (κ1) is 22.2. The number of rotatable bonds is 7. The number of H-pyrrole nitrogens is 2. The second kappa shape index (κ2) is 9.32. The highest BCUT2D eigenvalue weighted by molar-refractivity contribution is 5.81. The topological polar surface area (TPSA) is 115 Å². The molecule has 0 unspecified atom stereocenters. The van der Waals surface area contributed by atoms with Gasteiger partial charge in [0.15, 0.2) is 11.6 Å². The van der Waals surface area contributed by atoms with Gasteiger partial charge in [-0.1, -0.05) is 13.3 Å². The molecule has 1 aliphatic heterocycles. The van der Waals surface area contributed by atoms with Gasteiger partial charge in [-0.2, -0.15) is 15.1 Å². The number of hydrogen-bond acceptors (Lipinski definition) is 8. The predicted octanol–water partition coefficient (Wildman–Crippen LogP) is 3.50. The van der Waals surface area contributed by atoms with Crippen LogP contribution in [0.2, 0.25) is 0 Å². The zero-order valence-electron chi connectivity index (χ0n) is 19.9. The minimum absolute atomic E-state index is 0.248. The number of anilines is 3. The van der Waals surface area contributed by atoms with Gasteiger partial charge in [-0.25, -0.2) is 10.9 Å². The smallest absolute Gasteiger partial charge is 0.325 e. The maximum Gasteiger partial charge on any atom is 0.325 e. The van der Waals surface area contributed by atoms with E-state index in [-0.39, 0.29) is 6.01 Å². The largest absolute Gasteiger partial charge is 0.424 e. The van der Waals surface area contributed by atoms with Crippen molar-refractivity contribution in [3.05, 3.63) is 47.8 Å². The Hall–Kier alpha value is -3.63. The number of ether oxygens (including phenoxy) is 1. The average molecular weight is 462 g/mol. The average Bonchev–Trinajstić information content (AvgIpc) is 3.44. The number of nitrogens with two attached hydrogens (primary N) is 1. The third kappa shape index (κ3) is 4.68. The molecule has 0 bridgehead atoms. The molecule has 0 amide bonds. The Bertz CT molecular complexity index is 1270. The van der Waals surface area contributed by atoms with Crippen LogP contribution in [0, 0.1) is 6.92 Å². The van der Waals surface area contributed by atoms with E-state index in [0.717, 1.165) is 67.1 Å². The maximum absolute atomic E-state index is 6.46. The van der Waals surface area contributed by atoms with Crippen LogP contribution in [-0.2, 0) is 6.42 Å². The van der Waals surface area contributed by atoms with Gasteiger partial charge < -0.3 is 19.5 Å². The first-order valence-electron chi connectivity index (χ1n) is 11.7. The van der Waals surface area contributed by atoms with Crippen LogP contribution < -0.4 is 20.5 Å². The highest BCUT2D eigenvalue weighted by atomic mass is 16.5. The lowest BCUT2D eigenvalue weighted by Gasteiger charge is -2.33. The zero-order chi connectivity index (χ0) is 23.7. The molecule has 4 heterocycles. The lowest BCUT2D eigenvalue weighted by Crippen LogP contribution is -2.45. The third-order valence-corrected chi connectivity index (χ3v) is 6.07. The van der Waals surface area contributed by atoms with Gasteiger partial charge in [0, 0.05) is 60.6 Å². The third-order valence-electron chi connectivity index (χ3n) is 6.07. The fourth-order valence-electron chi connectivity index (χ4n) is 4.18.